The first kappa shape index (κ1) is 17.0. The molecule has 112 valence electrons. The van der Waals surface area contributed by atoms with Crippen LogP contribution in [-0.2, 0) is 9.53 Å². The van der Waals surface area contributed by atoms with Crippen LogP contribution in [0.5, 0.6) is 5.75 Å². The minimum atomic E-state index is -0.619. The van der Waals surface area contributed by atoms with Crippen molar-refractivity contribution in [2.24, 2.45) is 11.1 Å². The van der Waals surface area contributed by atoms with Gasteiger partial charge in [0.05, 0.1) is 19.1 Å². The van der Waals surface area contributed by atoms with Crippen LogP contribution < -0.4 is 10.5 Å². The van der Waals surface area contributed by atoms with E-state index in [1.807, 2.05) is 39.0 Å². The van der Waals surface area contributed by atoms with Gasteiger partial charge < -0.3 is 15.2 Å². The van der Waals surface area contributed by atoms with Crippen molar-refractivity contribution in [2.45, 2.75) is 33.2 Å². The monoisotopic (exact) mass is 343 g/mol. The van der Waals surface area contributed by atoms with E-state index in [9.17, 15) is 4.79 Å². The highest BCUT2D eigenvalue weighted by Crippen LogP contribution is 2.34. The highest BCUT2D eigenvalue weighted by atomic mass is 79.9. The molecule has 0 amide bonds. The van der Waals surface area contributed by atoms with E-state index in [4.69, 9.17) is 15.2 Å². The zero-order chi connectivity index (χ0) is 15.3. The van der Waals surface area contributed by atoms with E-state index in [1.54, 1.807) is 0 Å². The fourth-order valence-corrected chi connectivity index (χ4v) is 2.74. The molecule has 0 aliphatic heterocycles. The topological polar surface area (TPSA) is 61.5 Å². The van der Waals surface area contributed by atoms with E-state index in [-0.39, 0.29) is 12.0 Å². The van der Waals surface area contributed by atoms with Gasteiger partial charge in [0.25, 0.3) is 0 Å². The largest absolute Gasteiger partial charge is 0.494 e. The van der Waals surface area contributed by atoms with E-state index in [0.717, 1.165) is 15.8 Å². The van der Waals surface area contributed by atoms with E-state index < -0.39 is 5.41 Å². The Morgan fingerprint density at radius 3 is 2.60 bits per heavy atom. The summed E-state index contributed by atoms with van der Waals surface area (Å²) in [6, 6.07) is 5.44. The summed E-state index contributed by atoms with van der Waals surface area (Å²) in [4.78, 5) is 11.7. The van der Waals surface area contributed by atoms with E-state index in [2.05, 4.69) is 15.9 Å². The summed E-state index contributed by atoms with van der Waals surface area (Å²) in [5.74, 6) is 0.539. The van der Waals surface area contributed by atoms with Gasteiger partial charge in [0.1, 0.15) is 5.75 Å². The molecule has 1 unspecified atom stereocenters. The number of nitrogens with two attached hydrogens (primary N) is 1. The maximum atomic E-state index is 11.7. The number of esters is 1. The Hall–Kier alpha value is -1.07. The van der Waals surface area contributed by atoms with Crippen LogP contribution in [-0.4, -0.2) is 19.7 Å². The van der Waals surface area contributed by atoms with Gasteiger partial charge in [0.15, 0.2) is 0 Å². The average molecular weight is 344 g/mol. The van der Waals surface area contributed by atoms with Crippen LogP contribution in [0.1, 0.15) is 38.8 Å². The summed E-state index contributed by atoms with van der Waals surface area (Å²) in [5, 5.41) is 0. The van der Waals surface area contributed by atoms with Gasteiger partial charge in [0.2, 0.25) is 0 Å². The smallest absolute Gasteiger partial charge is 0.311 e. The Morgan fingerprint density at radius 1 is 1.45 bits per heavy atom. The molecule has 0 fully saturated rings. The lowest BCUT2D eigenvalue weighted by Gasteiger charge is -2.26. The van der Waals surface area contributed by atoms with Crippen molar-refractivity contribution in [1.82, 2.24) is 0 Å². The number of ether oxygens (including phenoxy) is 2. The number of hydrogen-bond acceptors (Lipinski definition) is 4. The second-order valence-electron chi connectivity index (χ2n) is 5.30. The lowest BCUT2D eigenvalue weighted by atomic mass is 9.84. The summed E-state index contributed by atoms with van der Waals surface area (Å²) in [5.41, 5.74) is 6.55. The number of benzene rings is 1. The number of methoxy groups -OCH3 is 1. The van der Waals surface area contributed by atoms with Crippen molar-refractivity contribution in [1.29, 1.82) is 0 Å². The Balaban J connectivity index is 2.87. The van der Waals surface area contributed by atoms with Crippen molar-refractivity contribution >= 4 is 21.9 Å². The average Bonchev–Trinajstić information content (AvgIpc) is 2.37. The number of halogens is 1. The zero-order valence-electron chi connectivity index (χ0n) is 12.4. The van der Waals surface area contributed by atoms with Crippen molar-refractivity contribution in [3.63, 3.8) is 0 Å². The molecule has 20 heavy (non-hydrogen) atoms. The van der Waals surface area contributed by atoms with Crippen molar-refractivity contribution < 1.29 is 14.3 Å². The Bertz CT molecular complexity index is 474. The Labute approximate surface area is 128 Å². The highest BCUT2D eigenvalue weighted by molar-refractivity contribution is 9.10. The summed E-state index contributed by atoms with van der Waals surface area (Å²) >= 11 is 3.50. The van der Waals surface area contributed by atoms with Gasteiger partial charge in [-0.1, -0.05) is 22.0 Å². The van der Waals surface area contributed by atoms with Crippen LogP contribution in [0, 0.1) is 5.41 Å². The molecule has 0 saturated heterocycles. The zero-order valence-corrected chi connectivity index (χ0v) is 14.0. The third-order valence-corrected chi connectivity index (χ3v) is 3.84. The first-order valence-electron chi connectivity index (χ1n) is 6.58. The maximum Gasteiger partial charge on any atom is 0.311 e. The molecule has 0 heterocycles. The normalized spacial score (nSPS) is 12.9. The molecule has 0 spiro atoms. The third kappa shape index (κ3) is 4.21. The SMILES string of the molecule is CCOc1ccc(C(N)CC(C)(C)C(=O)OC)c(Br)c1. The second kappa shape index (κ2) is 7.09. The molecule has 2 N–H and O–H groups in total. The maximum absolute atomic E-state index is 11.7. The number of carbonyl (C=O) groups is 1. The molecule has 0 aliphatic rings. The highest BCUT2D eigenvalue weighted by Gasteiger charge is 2.31. The molecule has 0 bridgehead atoms. The Morgan fingerprint density at radius 2 is 2.10 bits per heavy atom. The molecule has 5 heteroatoms. The third-order valence-electron chi connectivity index (χ3n) is 3.15. The molecular weight excluding hydrogens is 322 g/mol. The van der Waals surface area contributed by atoms with Gasteiger partial charge in [-0.3, -0.25) is 4.79 Å². The summed E-state index contributed by atoms with van der Waals surface area (Å²) < 4.78 is 11.1. The molecule has 0 radical (unpaired) electrons. The Kier molecular flexibility index (Phi) is 6.02. The molecule has 1 aromatic rings. The van der Waals surface area contributed by atoms with Gasteiger partial charge in [0, 0.05) is 10.5 Å². The minimum Gasteiger partial charge on any atom is -0.494 e. The fourth-order valence-electron chi connectivity index (χ4n) is 2.08. The molecule has 0 aliphatic carbocycles. The van der Waals surface area contributed by atoms with E-state index in [1.165, 1.54) is 7.11 Å². The van der Waals surface area contributed by atoms with Gasteiger partial charge >= 0.3 is 5.97 Å². The van der Waals surface area contributed by atoms with Crippen LogP contribution in [0.2, 0.25) is 0 Å². The van der Waals surface area contributed by atoms with E-state index in [0.29, 0.717) is 13.0 Å². The van der Waals surface area contributed by atoms with Gasteiger partial charge in [-0.05, 0) is 44.9 Å². The molecule has 4 nitrogen and oxygen atoms in total. The first-order valence-corrected chi connectivity index (χ1v) is 7.37. The quantitative estimate of drug-likeness (QED) is 0.803. The van der Waals surface area contributed by atoms with Crippen molar-refractivity contribution in [3.05, 3.63) is 28.2 Å². The second-order valence-corrected chi connectivity index (χ2v) is 6.16. The predicted octanol–water partition coefficient (Wildman–Crippen LogP) is 3.44. The van der Waals surface area contributed by atoms with E-state index >= 15 is 0 Å². The van der Waals surface area contributed by atoms with Crippen molar-refractivity contribution in [3.8, 4) is 5.75 Å². The van der Waals surface area contributed by atoms with Crippen LogP contribution in [0.25, 0.3) is 0 Å². The van der Waals surface area contributed by atoms with Gasteiger partial charge in [-0.25, -0.2) is 0 Å². The number of hydrogen-bond donors (Lipinski definition) is 1. The number of rotatable bonds is 6. The fraction of sp³-hybridized carbons (Fsp3) is 0.533. The van der Waals surface area contributed by atoms with Gasteiger partial charge in [-0.2, -0.15) is 0 Å². The van der Waals surface area contributed by atoms with Crippen molar-refractivity contribution in [2.75, 3.05) is 13.7 Å². The van der Waals surface area contributed by atoms with Crippen LogP contribution >= 0.6 is 15.9 Å². The van der Waals surface area contributed by atoms with Crippen LogP contribution in [0.3, 0.4) is 0 Å². The summed E-state index contributed by atoms with van der Waals surface area (Å²) in [7, 11) is 1.39. The van der Waals surface area contributed by atoms with Crippen LogP contribution in [0.4, 0.5) is 0 Å². The standard InChI is InChI=1S/C15H22BrNO3/c1-5-20-10-6-7-11(12(16)8-10)13(17)9-15(2,3)14(18)19-4/h6-8,13H,5,9,17H2,1-4H3. The molecule has 0 saturated carbocycles. The molecule has 1 atom stereocenters. The van der Waals surface area contributed by atoms with Crippen LogP contribution in [0.15, 0.2) is 22.7 Å². The molecular formula is C15H22BrNO3. The molecule has 1 aromatic carbocycles. The summed E-state index contributed by atoms with van der Waals surface area (Å²) in [6.07, 6.45) is 0.506. The lowest BCUT2D eigenvalue weighted by Crippen LogP contribution is -2.30. The number of carbonyl (C=O) groups excluding carboxylic acids is 1. The molecule has 0 aromatic heterocycles. The first-order chi connectivity index (χ1) is 9.31. The predicted molar refractivity (Wildman–Crippen MR) is 82.7 cm³/mol. The summed E-state index contributed by atoms with van der Waals surface area (Å²) in [6.45, 7) is 6.22. The lowest BCUT2D eigenvalue weighted by molar-refractivity contribution is -0.151. The minimum absolute atomic E-state index is 0.255. The molecule has 1 rings (SSSR count). The van der Waals surface area contributed by atoms with Gasteiger partial charge in [-0.15, -0.1) is 0 Å².